The van der Waals surface area contributed by atoms with E-state index in [0.29, 0.717) is 43.4 Å². The molecule has 0 aliphatic carbocycles. The first-order valence-corrected chi connectivity index (χ1v) is 11.7. The van der Waals surface area contributed by atoms with E-state index < -0.39 is 10.0 Å². The topological polar surface area (TPSA) is 59.1 Å². The minimum absolute atomic E-state index is 0.274. The SMILES string of the molecule is COc1ccccc1Oc1ccc(S(=O)(=O)N2CCN(Cc3ccccc3)CC2)cc1. The molecule has 0 spiro atoms. The number of piperazine rings is 1. The average Bonchev–Trinajstić information content (AvgIpc) is 2.81. The third kappa shape index (κ3) is 5.07. The summed E-state index contributed by atoms with van der Waals surface area (Å²) in [6.07, 6.45) is 0. The normalized spacial score (nSPS) is 15.5. The van der Waals surface area contributed by atoms with E-state index in [0.717, 1.165) is 6.54 Å². The highest BCUT2D eigenvalue weighted by Gasteiger charge is 2.28. The van der Waals surface area contributed by atoms with Crippen molar-refractivity contribution in [3.8, 4) is 17.2 Å². The van der Waals surface area contributed by atoms with Gasteiger partial charge in [-0.25, -0.2) is 8.42 Å². The van der Waals surface area contributed by atoms with Crippen LogP contribution in [0.1, 0.15) is 5.56 Å². The van der Waals surface area contributed by atoms with Crippen LogP contribution in [0.4, 0.5) is 0 Å². The second-order valence-electron chi connectivity index (χ2n) is 7.39. The quantitative estimate of drug-likeness (QED) is 0.558. The minimum Gasteiger partial charge on any atom is -0.493 e. The summed E-state index contributed by atoms with van der Waals surface area (Å²) in [7, 11) is -1.95. The van der Waals surface area contributed by atoms with Crippen LogP contribution in [0.2, 0.25) is 0 Å². The fraction of sp³-hybridized carbons (Fsp3) is 0.250. The molecule has 4 rings (SSSR count). The van der Waals surface area contributed by atoms with Gasteiger partial charge in [-0.2, -0.15) is 4.31 Å². The van der Waals surface area contributed by atoms with E-state index >= 15 is 0 Å². The Bertz CT molecular complexity index is 1090. The lowest BCUT2D eigenvalue weighted by Gasteiger charge is -2.34. The Labute approximate surface area is 183 Å². The summed E-state index contributed by atoms with van der Waals surface area (Å²) < 4.78 is 38.8. The number of nitrogens with zero attached hydrogens (tertiary/aromatic N) is 2. The Hall–Kier alpha value is -2.87. The molecule has 0 atom stereocenters. The van der Waals surface area contributed by atoms with Crippen LogP contribution in [0, 0.1) is 0 Å². The molecule has 3 aromatic rings. The van der Waals surface area contributed by atoms with Crippen LogP contribution < -0.4 is 9.47 Å². The van der Waals surface area contributed by atoms with Gasteiger partial charge in [0.2, 0.25) is 10.0 Å². The lowest BCUT2D eigenvalue weighted by Crippen LogP contribution is -2.48. The zero-order chi connectivity index (χ0) is 21.7. The lowest BCUT2D eigenvalue weighted by atomic mass is 10.2. The van der Waals surface area contributed by atoms with Crippen LogP contribution >= 0.6 is 0 Å². The standard InChI is InChI=1S/C24H26N2O4S/c1-29-23-9-5-6-10-24(23)30-21-11-13-22(14-12-21)31(27,28)26-17-15-25(16-18-26)19-20-7-3-2-4-8-20/h2-14H,15-19H2,1H3. The highest BCUT2D eigenvalue weighted by molar-refractivity contribution is 7.89. The van der Waals surface area contributed by atoms with Gasteiger partial charge < -0.3 is 9.47 Å². The zero-order valence-corrected chi connectivity index (χ0v) is 18.3. The molecule has 0 N–H and O–H groups in total. The van der Waals surface area contributed by atoms with Gasteiger partial charge in [-0.1, -0.05) is 42.5 Å². The number of sulfonamides is 1. The fourth-order valence-corrected chi connectivity index (χ4v) is 5.05. The van der Waals surface area contributed by atoms with Crippen molar-refractivity contribution >= 4 is 10.0 Å². The first-order chi connectivity index (χ1) is 15.1. The molecule has 31 heavy (non-hydrogen) atoms. The molecule has 0 saturated carbocycles. The fourth-order valence-electron chi connectivity index (χ4n) is 3.63. The van der Waals surface area contributed by atoms with Crippen LogP contribution in [0.25, 0.3) is 0 Å². The first kappa shape index (κ1) is 21.4. The summed E-state index contributed by atoms with van der Waals surface area (Å²) in [5.41, 5.74) is 1.24. The molecule has 7 heteroatoms. The maximum Gasteiger partial charge on any atom is 0.243 e. The van der Waals surface area contributed by atoms with Crippen molar-refractivity contribution in [2.45, 2.75) is 11.4 Å². The van der Waals surface area contributed by atoms with Crippen LogP contribution in [0.5, 0.6) is 17.2 Å². The summed E-state index contributed by atoms with van der Waals surface area (Å²) in [5, 5.41) is 0. The molecule has 0 radical (unpaired) electrons. The molecule has 1 fully saturated rings. The van der Waals surface area contributed by atoms with Crippen LogP contribution in [0.3, 0.4) is 0 Å². The first-order valence-electron chi connectivity index (χ1n) is 10.2. The molecule has 6 nitrogen and oxygen atoms in total. The molecule has 1 aliphatic rings. The number of methoxy groups -OCH3 is 1. The second kappa shape index (κ2) is 9.51. The van der Waals surface area contributed by atoms with Gasteiger partial charge in [-0.05, 0) is 42.0 Å². The van der Waals surface area contributed by atoms with Gasteiger partial charge in [0.15, 0.2) is 11.5 Å². The van der Waals surface area contributed by atoms with Crippen LogP contribution in [-0.2, 0) is 16.6 Å². The molecule has 0 unspecified atom stereocenters. The molecule has 162 valence electrons. The monoisotopic (exact) mass is 438 g/mol. The summed E-state index contributed by atoms with van der Waals surface area (Å²) in [6, 6.07) is 24.1. The third-order valence-electron chi connectivity index (χ3n) is 5.34. The van der Waals surface area contributed by atoms with E-state index in [1.165, 1.54) is 5.56 Å². The Morgan fingerprint density at radius 2 is 1.39 bits per heavy atom. The van der Waals surface area contributed by atoms with E-state index in [1.807, 2.05) is 36.4 Å². The van der Waals surface area contributed by atoms with Crippen molar-refractivity contribution in [2.75, 3.05) is 33.3 Å². The third-order valence-corrected chi connectivity index (χ3v) is 7.25. The number of hydrogen-bond acceptors (Lipinski definition) is 5. The summed E-state index contributed by atoms with van der Waals surface area (Å²) in [4.78, 5) is 2.56. The van der Waals surface area contributed by atoms with Gasteiger partial charge in [-0.15, -0.1) is 0 Å². The van der Waals surface area contributed by atoms with Crippen molar-refractivity contribution in [1.82, 2.24) is 9.21 Å². The van der Waals surface area contributed by atoms with E-state index in [2.05, 4.69) is 17.0 Å². The van der Waals surface area contributed by atoms with Gasteiger partial charge in [0.05, 0.1) is 12.0 Å². The second-order valence-corrected chi connectivity index (χ2v) is 9.33. The van der Waals surface area contributed by atoms with Gasteiger partial charge in [0.25, 0.3) is 0 Å². The number of hydrogen-bond donors (Lipinski definition) is 0. The highest BCUT2D eigenvalue weighted by atomic mass is 32.2. The zero-order valence-electron chi connectivity index (χ0n) is 17.5. The molecular formula is C24H26N2O4S. The molecule has 3 aromatic carbocycles. The highest BCUT2D eigenvalue weighted by Crippen LogP contribution is 2.31. The van der Waals surface area contributed by atoms with E-state index in [9.17, 15) is 8.42 Å². The number of ether oxygens (including phenoxy) is 2. The van der Waals surface area contributed by atoms with E-state index in [4.69, 9.17) is 9.47 Å². The molecule has 0 bridgehead atoms. The van der Waals surface area contributed by atoms with Crippen molar-refractivity contribution in [1.29, 1.82) is 0 Å². The predicted molar refractivity (Wildman–Crippen MR) is 120 cm³/mol. The number of para-hydroxylation sites is 2. The van der Waals surface area contributed by atoms with Crippen molar-refractivity contribution in [2.24, 2.45) is 0 Å². The maximum absolute atomic E-state index is 13.1. The summed E-state index contributed by atoms with van der Waals surface area (Å²) >= 11 is 0. The minimum atomic E-state index is -3.53. The lowest BCUT2D eigenvalue weighted by molar-refractivity contribution is 0.181. The van der Waals surface area contributed by atoms with Crippen LogP contribution in [-0.4, -0.2) is 50.9 Å². The van der Waals surface area contributed by atoms with Gasteiger partial charge in [-0.3, -0.25) is 4.90 Å². The average molecular weight is 439 g/mol. The molecule has 1 saturated heterocycles. The van der Waals surface area contributed by atoms with Crippen LogP contribution in [0.15, 0.2) is 83.8 Å². The van der Waals surface area contributed by atoms with Crippen molar-refractivity contribution in [3.63, 3.8) is 0 Å². The Balaban J connectivity index is 1.39. The van der Waals surface area contributed by atoms with Gasteiger partial charge >= 0.3 is 0 Å². The molecule has 0 aromatic heterocycles. The molecule has 1 heterocycles. The molecule has 1 aliphatic heterocycles. The van der Waals surface area contributed by atoms with Gasteiger partial charge in [0, 0.05) is 32.7 Å². The Morgan fingerprint density at radius 1 is 0.774 bits per heavy atom. The van der Waals surface area contributed by atoms with Crippen molar-refractivity contribution < 1.29 is 17.9 Å². The Kier molecular flexibility index (Phi) is 6.56. The Morgan fingerprint density at radius 3 is 2.03 bits per heavy atom. The number of benzene rings is 3. The van der Waals surface area contributed by atoms with E-state index in [1.54, 1.807) is 41.7 Å². The van der Waals surface area contributed by atoms with Gasteiger partial charge in [0.1, 0.15) is 5.75 Å². The predicted octanol–water partition coefficient (Wildman–Crippen LogP) is 3.99. The summed E-state index contributed by atoms with van der Waals surface area (Å²) in [5.74, 6) is 1.75. The molecular weight excluding hydrogens is 412 g/mol. The summed E-state index contributed by atoms with van der Waals surface area (Å²) in [6.45, 7) is 3.22. The maximum atomic E-state index is 13.1. The largest absolute Gasteiger partial charge is 0.493 e. The molecule has 0 amide bonds. The number of rotatable bonds is 7. The smallest absolute Gasteiger partial charge is 0.243 e. The van der Waals surface area contributed by atoms with Crippen molar-refractivity contribution in [3.05, 3.63) is 84.4 Å². The van der Waals surface area contributed by atoms with E-state index in [-0.39, 0.29) is 4.90 Å².